The number of aliphatic hydroxyl groups is 1. The fraction of sp³-hybridized carbons (Fsp3) is 0.400. The first kappa shape index (κ1) is 19.8. The molecule has 28 heavy (non-hydrogen) atoms. The van der Waals surface area contributed by atoms with Crippen LogP contribution in [0.15, 0.2) is 30.1 Å². The number of amides is 1. The Bertz CT molecular complexity index is 946. The lowest BCUT2D eigenvalue weighted by Crippen LogP contribution is -2.35. The predicted octanol–water partition coefficient (Wildman–Crippen LogP) is 1.42. The Morgan fingerprint density at radius 3 is 2.54 bits per heavy atom. The summed E-state index contributed by atoms with van der Waals surface area (Å²) in [5.74, 6) is -1.49. The lowest BCUT2D eigenvalue weighted by Gasteiger charge is -2.26. The van der Waals surface area contributed by atoms with Gasteiger partial charge in [0.2, 0.25) is 0 Å². The van der Waals surface area contributed by atoms with Crippen LogP contribution >= 0.6 is 0 Å². The molecule has 1 fully saturated rings. The van der Waals surface area contributed by atoms with E-state index in [4.69, 9.17) is 0 Å². The molecular formula is C20H25N5O3. The number of aliphatic hydroxyl groups excluding tert-OH is 1. The van der Waals surface area contributed by atoms with Crippen LogP contribution in [0.3, 0.4) is 0 Å². The predicted molar refractivity (Wildman–Crippen MR) is 104 cm³/mol. The van der Waals surface area contributed by atoms with Gasteiger partial charge in [0, 0.05) is 38.2 Å². The third-order valence-electron chi connectivity index (χ3n) is 5.07. The average Bonchev–Trinajstić information content (AvgIpc) is 3.06. The highest BCUT2D eigenvalue weighted by molar-refractivity contribution is 6.46. The topological polar surface area (TPSA) is 91.6 Å². The number of nitrogens with zero attached hydrogens (tertiary/aromatic N) is 5. The van der Waals surface area contributed by atoms with Gasteiger partial charge in [0.25, 0.3) is 11.7 Å². The molecule has 0 saturated carbocycles. The number of carbonyl (C=O) groups is 2. The van der Waals surface area contributed by atoms with Crippen LogP contribution in [0.5, 0.6) is 0 Å². The van der Waals surface area contributed by atoms with Crippen molar-refractivity contribution in [2.45, 2.75) is 19.9 Å². The van der Waals surface area contributed by atoms with Crippen LogP contribution in [0.4, 0.5) is 0 Å². The maximum absolute atomic E-state index is 12.9. The quantitative estimate of drug-likeness (QED) is 0.477. The molecule has 2 aromatic rings. The zero-order valence-electron chi connectivity index (χ0n) is 16.8. The number of rotatable bonds is 5. The number of Topliss-reactive ketones (excluding diaryl/α,β-unsaturated/α-hetero) is 1. The van der Waals surface area contributed by atoms with Gasteiger partial charge in [-0.15, -0.1) is 0 Å². The number of carbonyl (C=O) groups excluding carboxylic acids is 2. The SMILES string of the molecule is Cc1nn(C)c(C)c1C(O)=C1C(=O)C(=O)N(CCN(C)C)[C@H]1c1cccnc1. The summed E-state index contributed by atoms with van der Waals surface area (Å²) in [4.78, 5) is 33.3. The van der Waals surface area contributed by atoms with Crippen LogP contribution < -0.4 is 0 Å². The molecule has 8 nitrogen and oxygen atoms in total. The number of hydrogen-bond donors (Lipinski definition) is 1. The van der Waals surface area contributed by atoms with Gasteiger partial charge in [0.05, 0.1) is 22.9 Å². The van der Waals surface area contributed by atoms with E-state index in [-0.39, 0.29) is 11.3 Å². The van der Waals surface area contributed by atoms with Crippen molar-refractivity contribution in [1.82, 2.24) is 24.6 Å². The van der Waals surface area contributed by atoms with Crippen LogP contribution in [0, 0.1) is 13.8 Å². The lowest BCUT2D eigenvalue weighted by atomic mass is 9.95. The summed E-state index contributed by atoms with van der Waals surface area (Å²) >= 11 is 0. The van der Waals surface area contributed by atoms with E-state index in [1.807, 2.05) is 32.0 Å². The van der Waals surface area contributed by atoms with Crippen molar-refractivity contribution in [2.24, 2.45) is 7.05 Å². The molecular weight excluding hydrogens is 358 g/mol. The third kappa shape index (κ3) is 3.31. The molecule has 1 N–H and O–H groups in total. The summed E-state index contributed by atoms with van der Waals surface area (Å²) < 4.78 is 1.64. The van der Waals surface area contributed by atoms with E-state index in [0.717, 1.165) is 5.69 Å². The number of aryl methyl sites for hydroxylation is 2. The van der Waals surface area contributed by atoms with Gasteiger partial charge in [-0.05, 0) is 39.6 Å². The van der Waals surface area contributed by atoms with Crippen LogP contribution in [0.1, 0.15) is 28.6 Å². The number of pyridine rings is 1. The van der Waals surface area contributed by atoms with Crippen LogP contribution in [-0.4, -0.2) is 68.5 Å². The molecule has 1 amide bonds. The standard InChI is InChI=1S/C20H25N5O3/c1-12-15(13(2)24(5)22-12)18(26)16-17(14-7-6-8-21-11-14)25(10-9-23(3)4)20(28)19(16)27/h6-8,11,17,26H,9-10H2,1-5H3/t17-/m0/s1. The summed E-state index contributed by atoms with van der Waals surface area (Å²) in [6.07, 6.45) is 3.25. The van der Waals surface area contributed by atoms with E-state index >= 15 is 0 Å². The van der Waals surface area contributed by atoms with Crippen molar-refractivity contribution in [3.8, 4) is 0 Å². The second-order valence-corrected chi connectivity index (χ2v) is 7.25. The second-order valence-electron chi connectivity index (χ2n) is 7.25. The summed E-state index contributed by atoms with van der Waals surface area (Å²) in [5, 5.41) is 15.4. The first-order chi connectivity index (χ1) is 13.2. The molecule has 0 spiro atoms. The van der Waals surface area contributed by atoms with E-state index in [9.17, 15) is 14.7 Å². The van der Waals surface area contributed by atoms with E-state index in [1.54, 1.807) is 37.1 Å². The maximum Gasteiger partial charge on any atom is 0.295 e. The number of likely N-dealkylation sites (tertiary alicyclic amines) is 1. The number of hydrogen-bond acceptors (Lipinski definition) is 6. The molecule has 1 aliphatic heterocycles. The van der Waals surface area contributed by atoms with Gasteiger partial charge in [-0.3, -0.25) is 19.3 Å². The Morgan fingerprint density at radius 1 is 1.29 bits per heavy atom. The maximum atomic E-state index is 12.9. The van der Waals surface area contributed by atoms with Gasteiger partial charge in [-0.1, -0.05) is 6.07 Å². The second kappa shape index (κ2) is 7.55. The minimum Gasteiger partial charge on any atom is -0.507 e. The molecule has 3 heterocycles. The number of likely N-dealkylation sites (N-methyl/N-ethyl adjacent to an activating group) is 1. The average molecular weight is 383 g/mol. The third-order valence-corrected chi connectivity index (χ3v) is 5.07. The zero-order valence-corrected chi connectivity index (χ0v) is 16.8. The van der Waals surface area contributed by atoms with Crippen molar-refractivity contribution in [1.29, 1.82) is 0 Å². The first-order valence-electron chi connectivity index (χ1n) is 9.07. The van der Waals surface area contributed by atoms with Crippen molar-refractivity contribution in [2.75, 3.05) is 27.2 Å². The van der Waals surface area contributed by atoms with Crippen molar-refractivity contribution >= 4 is 17.4 Å². The highest BCUT2D eigenvalue weighted by Crippen LogP contribution is 2.39. The lowest BCUT2D eigenvalue weighted by molar-refractivity contribution is -0.140. The Labute approximate surface area is 164 Å². The summed E-state index contributed by atoms with van der Waals surface area (Å²) in [7, 11) is 5.57. The van der Waals surface area contributed by atoms with Gasteiger partial charge in [-0.25, -0.2) is 0 Å². The minimum atomic E-state index is -0.687. The Balaban J connectivity index is 2.19. The van der Waals surface area contributed by atoms with Crippen LogP contribution in [-0.2, 0) is 16.6 Å². The van der Waals surface area contributed by atoms with Crippen molar-refractivity contribution < 1.29 is 14.7 Å². The fourth-order valence-corrected chi connectivity index (χ4v) is 3.55. The molecule has 0 unspecified atom stereocenters. The molecule has 8 heteroatoms. The number of aromatic nitrogens is 3. The van der Waals surface area contributed by atoms with E-state index in [0.29, 0.717) is 29.9 Å². The minimum absolute atomic E-state index is 0.0796. The highest BCUT2D eigenvalue weighted by atomic mass is 16.3. The molecule has 0 aliphatic carbocycles. The van der Waals surface area contributed by atoms with Crippen molar-refractivity contribution in [3.63, 3.8) is 0 Å². The molecule has 0 radical (unpaired) electrons. The number of ketones is 1. The van der Waals surface area contributed by atoms with Gasteiger partial charge in [0.15, 0.2) is 0 Å². The molecule has 0 aromatic carbocycles. The summed E-state index contributed by atoms with van der Waals surface area (Å²) in [6.45, 7) is 4.53. The molecule has 1 atom stereocenters. The highest BCUT2D eigenvalue weighted by Gasteiger charge is 2.46. The van der Waals surface area contributed by atoms with Gasteiger partial charge in [0.1, 0.15) is 5.76 Å². The summed E-state index contributed by atoms with van der Waals surface area (Å²) in [5.41, 5.74) is 2.57. The van der Waals surface area contributed by atoms with E-state index < -0.39 is 17.7 Å². The first-order valence-corrected chi connectivity index (χ1v) is 9.07. The Morgan fingerprint density at radius 2 is 2.00 bits per heavy atom. The molecule has 0 bridgehead atoms. The van der Waals surface area contributed by atoms with Crippen LogP contribution in [0.25, 0.3) is 5.76 Å². The monoisotopic (exact) mass is 383 g/mol. The van der Waals surface area contributed by atoms with E-state index in [2.05, 4.69) is 10.1 Å². The van der Waals surface area contributed by atoms with Gasteiger partial charge >= 0.3 is 0 Å². The molecule has 148 valence electrons. The van der Waals surface area contributed by atoms with Gasteiger partial charge in [-0.2, -0.15) is 5.10 Å². The summed E-state index contributed by atoms with van der Waals surface area (Å²) in [6, 6.07) is 2.87. The molecule has 2 aromatic heterocycles. The fourth-order valence-electron chi connectivity index (χ4n) is 3.55. The Kier molecular flexibility index (Phi) is 5.33. The Hall–Kier alpha value is -3.00. The molecule has 3 rings (SSSR count). The largest absolute Gasteiger partial charge is 0.507 e. The van der Waals surface area contributed by atoms with E-state index in [1.165, 1.54) is 4.90 Å². The van der Waals surface area contributed by atoms with Crippen molar-refractivity contribution in [3.05, 3.63) is 52.6 Å². The molecule has 1 saturated heterocycles. The van der Waals surface area contributed by atoms with Crippen LogP contribution in [0.2, 0.25) is 0 Å². The zero-order chi connectivity index (χ0) is 20.6. The molecule has 1 aliphatic rings. The normalized spacial score (nSPS) is 19.1. The smallest absolute Gasteiger partial charge is 0.295 e. The van der Waals surface area contributed by atoms with Gasteiger partial charge < -0.3 is 14.9 Å².